The first-order valence-corrected chi connectivity index (χ1v) is 12.6. The number of ether oxygens (including phenoxy) is 2. The van der Waals surface area contributed by atoms with Crippen LogP contribution in [0.1, 0.15) is 30.5 Å². The van der Waals surface area contributed by atoms with Crippen LogP contribution in [0.15, 0.2) is 54.6 Å². The van der Waals surface area contributed by atoms with Gasteiger partial charge in [-0.15, -0.1) is 0 Å². The first kappa shape index (κ1) is 23.1. The lowest BCUT2D eigenvalue weighted by atomic mass is 9.96. The maximum absolute atomic E-state index is 14.1. The van der Waals surface area contributed by atoms with Crippen LogP contribution < -0.4 is 9.47 Å². The number of methoxy groups -OCH3 is 1. The van der Waals surface area contributed by atoms with Gasteiger partial charge in [0.05, 0.1) is 12.6 Å². The molecule has 0 amide bonds. The SMILES string of the molecule is COc1ccc2[nH]c3c4c(c(CN5CCN(Cc6ccccc6F)CC5)cc3c2c1)OC(C)(C)C=C4. The van der Waals surface area contributed by atoms with Crippen LogP contribution in [0.2, 0.25) is 0 Å². The van der Waals surface area contributed by atoms with Crippen LogP contribution in [-0.2, 0) is 13.1 Å². The van der Waals surface area contributed by atoms with Crippen molar-refractivity contribution in [2.24, 2.45) is 0 Å². The average Bonchev–Trinajstić information content (AvgIpc) is 3.23. The fourth-order valence-corrected chi connectivity index (χ4v) is 5.40. The van der Waals surface area contributed by atoms with Crippen LogP contribution in [0.25, 0.3) is 27.9 Å². The Morgan fingerprint density at radius 2 is 1.67 bits per heavy atom. The molecule has 36 heavy (non-hydrogen) atoms. The molecule has 0 saturated carbocycles. The summed E-state index contributed by atoms with van der Waals surface area (Å²) < 4.78 is 26.2. The monoisotopic (exact) mass is 485 g/mol. The van der Waals surface area contributed by atoms with E-state index in [0.717, 1.165) is 71.8 Å². The van der Waals surface area contributed by atoms with Crippen LogP contribution >= 0.6 is 0 Å². The van der Waals surface area contributed by atoms with Gasteiger partial charge in [0.1, 0.15) is 22.9 Å². The maximum atomic E-state index is 14.1. The predicted molar refractivity (Wildman–Crippen MR) is 143 cm³/mol. The Morgan fingerprint density at radius 1 is 0.944 bits per heavy atom. The molecule has 1 saturated heterocycles. The zero-order valence-electron chi connectivity index (χ0n) is 21.1. The summed E-state index contributed by atoms with van der Waals surface area (Å²) >= 11 is 0. The van der Waals surface area contributed by atoms with Crippen molar-refractivity contribution in [1.29, 1.82) is 0 Å². The highest BCUT2D eigenvalue weighted by atomic mass is 19.1. The number of hydrogen-bond acceptors (Lipinski definition) is 4. The molecule has 3 heterocycles. The van der Waals surface area contributed by atoms with Gasteiger partial charge in [-0.2, -0.15) is 0 Å². The van der Waals surface area contributed by atoms with Crippen LogP contribution in [0.4, 0.5) is 4.39 Å². The molecule has 0 spiro atoms. The molecular weight excluding hydrogens is 453 g/mol. The van der Waals surface area contributed by atoms with E-state index in [9.17, 15) is 4.39 Å². The number of aromatic amines is 1. The van der Waals surface area contributed by atoms with Crippen molar-refractivity contribution in [1.82, 2.24) is 14.8 Å². The van der Waals surface area contributed by atoms with Gasteiger partial charge in [-0.3, -0.25) is 9.80 Å². The minimum atomic E-state index is -0.358. The fourth-order valence-electron chi connectivity index (χ4n) is 5.40. The highest BCUT2D eigenvalue weighted by molar-refractivity contribution is 6.11. The summed E-state index contributed by atoms with van der Waals surface area (Å²) in [5.41, 5.74) is 4.89. The van der Waals surface area contributed by atoms with Gasteiger partial charge in [-0.1, -0.05) is 18.2 Å². The van der Waals surface area contributed by atoms with E-state index in [-0.39, 0.29) is 11.4 Å². The molecule has 1 N–H and O–H groups in total. The van der Waals surface area contributed by atoms with Crippen LogP contribution in [0, 0.1) is 5.82 Å². The van der Waals surface area contributed by atoms with Gasteiger partial charge < -0.3 is 14.5 Å². The first-order chi connectivity index (χ1) is 17.4. The minimum absolute atomic E-state index is 0.122. The summed E-state index contributed by atoms with van der Waals surface area (Å²) in [5.74, 6) is 1.69. The van der Waals surface area contributed by atoms with E-state index in [1.54, 1.807) is 19.2 Å². The van der Waals surface area contributed by atoms with E-state index in [1.807, 2.05) is 18.2 Å². The minimum Gasteiger partial charge on any atom is -0.497 e. The van der Waals surface area contributed by atoms with Crippen molar-refractivity contribution in [3.05, 3.63) is 77.1 Å². The standard InChI is InChI=1S/C30H32FN3O2/c1-30(2)11-10-23-28-25(24-17-22(35-3)8-9-27(24)32-28)16-21(29(23)36-30)19-34-14-12-33(13-15-34)18-20-6-4-5-7-26(20)31/h4-11,16-17,32H,12-15,18-19H2,1-3H3. The largest absolute Gasteiger partial charge is 0.497 e. The molecule has 0 atom stereocenters. The molecule has 6 heteroatoms. The number of halogens is 1. The zero-order valence-corrected chi connectivity index (χ0v) is 21.1. The Labute approximate surface area is 211 Å². The number of fused-ring (bicyclic) bond motifs is 5. The van der Waals surface area contributed by atoms with Crippen LogP contribution in [-0.4, -0.2) is 53.7 Å². The summed E-state index contributed by atoms with van der Waals surface area (Å²) in [5, 5.41) is 2.34. The molecule has 1 aromatic heterocycles. The summed E-state index contributed by atoms with van der Waals surface area (Å²) in [6, 6.07) is 15.5. The summed E-state index contributed by atoms with van der Waals surface area (Å²) in [4.78, 5) is 8.42. The number of aromatic nitrogens is 1. The first-order valence-electron chi connectivity index (χ1n) is 12.6. The van der Waals surface area contributed by atoms with Crippen LogP contribution in [0.5, 0.6) is 11.5 Å². The van der Waals surface area contributed by atoms with Crippen molar-refractivity contribution >= 4 is 27.9 Å². The van der Waals surface area contributed by atoms with Gasteiger partial charge in [-0.25, -0.2) is 4.39 Å². The van der Waals surface area contributed by atoms with Crippen molar-refractivity contribution in [2.75, 3.05) is 33.3 Å². The number of nitrogens with one attached hydrogen (secondary N) is 1. The number of benzene rings is 3. The molecule has 3 aromatic carbocycles. The smallest absolute Gasteiger partial charge is 0.134 e. The number of H-pyrrole nitrogens is 1. The lowest BCUT2D eigenvalue weighted by Gasteiger charge is -2.36. The number of nitrogens with zero attached hydrogens (tertiary/aromatic N) is 2. The number of rotatable bonds is 5. The third kappa shape index (κ3) is 4.25. The van der Waals surface area contributed by atoms with Gasteiger partial charge in [0.2, 0.25) is 0 Å². The molecule has 4 aromatic rings. The molecule has 0 aliphatic carbocycles. The third-order valence-corrected chi connectivity index (χ3v) is 7.40. The molecule has 186 valence electrons. The molecule has 1 fully saturated rings. The lowest BCUT2D eigenvalue weighted by molar-refractivity contribution is 0.116. The average molecular weight is 486 g/mol. The molecule has 5 nitrogen and oxygen atoms in total. The fraction of sp³-hybridized carbons (Fsp3) is 0.333. The lowest BCUT2D eigenvalue weighted by Crippen LogP contribution is -2.45. The van der Waals surface area contributed by atoms with E-state index in [0.29, 0.717) is 6.54 Å². The molecule has 2 aliphatic heterocycles. The molecule has 2 aliphatic rings. The Balaban J connectivity index is 1.30. The van der Waals surface area contributed by atoms with E-state index >= 15 is 0 Å². The van der Waals surface area contributed by atoms with Crippen molar-refractivity contribution in [2.45, 2.75) is 32.5 Å². The molecular formula is C30H32FN3O2. The van der Waals surface area contributed by atoms with Gasteiger partial charge in [0.25, 0.3) is 0 Å². The maximum Gasteiger partial charge on any atom is 0.134 e. The van der Waals surface area contributed by atoms with E-state index in [2.05, 4.69) is 59.0 Å². The Bertz CT molecular complexity index is 1460. The molecule has 6 rings (SSSR count). The zero-order chi connectivity index (χ0) is 24.9. The predicted octanol–water partition coefficient (Wildman–Crippen LogP) is 5.97. The Hall–Kier alpha value is -3.35. The molecule has 0 radical (unpaired) electrons. The number of piperazine rings is 1. The van der Waals surface area contributed by atoms with Gasteiger partial charge >= 0.3 is 0 Å². The second-order valence-corrected chi connectivity index (χ2v) is 10.4. The molecule has 0 unspecified atom stereocenters. The second-order valence-electron chi connectivity index (χ2n) is 10.4. The van der Waals surface area contributed by atoms with Crippen molar-refractivity contribution in [3.63, 3.8) is 0 Å². The van der Waals surface area contributed by atoms with Crippen molar-refractivity contribution in [3.8, 4) is 11.5 Å². The Kier molecular flexibility index (Phi) is 5.73. The normalized spacial score (nSPS) is 17.9. The van der Waals surface area contributed by atoms with Gasteiger partial charge in [-0.05, 0) is 56.3 Å². The topological polar surface area (TPSA) is 40.7 Å². The highest BCUT2D eigenvalue weighted by Gasteiger charge is 2.28. The van der Waals surface area contributed by atoms with E-state index in [1.165, 1.54) is 10.9 Å². The second kappa shape index (κ2) is 8.95. The quantitative estimate of drug-likeness (QED) is 0.378. The Morgan fingerprint density at radius 3 is 2.39 bits per heavy atom. The third-order valence-electron chi connectivity index (χ3n) is 7.40. The molecule has 0 bridgehead atoms. The van der Waals surface area contributed by atoms with E-state index in [4.69, 9.17) is 9.47 Å². The summed E-state index contributed by atoms with van der Waals surface area (Å²) in [6.07, 6.45) is 4.33. The number of hydrogen-bond donors (Lipinski definition) is 1. The van der Waals surface area contributed by atoms with Crippen LogP contribution in [0.3, 0.4) is 0 Å². The summed E-state index contributed by atoms with van der Waals surface area (Å²) in [7, 11) is 1.70. The van der Waals surface area contributed by atoms with Gasteiger partial charge in [0, 0.05) is 72.2 Å². The highest BCUT2D eigenvalue weighted by Crippen LogP contribution is 2.42. The summed E-state index contributed by atoms with van der Waals surface area (Å²) in [6.45, 7) is 9.35. The van der Waals surface area contributed by atoms with Crippen molar-refractivity contribution < 1.29 is 13.9 Å². The van der Waals surface area contributed by atoms with E-state index < -0.39 is 0 Å². The van der Waals surface area contributed by atoms with Gasteiger partial charge in [0.15, 0.2) is 0 Å².